The van der Waals surface area contributed by atoms with Crippen LogP contribution >= 0.6 is 47.1 Å². The summed E-state index contributed by atoms with van der Waals surface area (Å²) in [5.41, 5.74) is 0. The van der Waals surface area contributed by atoms with Gasteiger partial charge in [0, 0.05) is 0 Å². The molecule has 0 aliphatic carbocycles. The maximum absolute atomic E-state index is 11.1. The number of rotatable bonds is 6. The van der Waals surface area contributed by atoms with Crippen molar-refractivity contribution in [3.8, 4) is 0 Å². The van der Waals surface area contributed by atoms with Crippen molar-refractivity contribution in [1.82, 2.24) is 0 Å². The molecule has 0 rings (SSSR count). The van der Waals surface area contributed by atoms with Crippen molar-refractivity contribution >= 4 is 214 Å². The minimum atomic E-state index is -2.32. The average Bonchev–Trinajstić information content (AvgIpc) is 2.61. The fourth-order valence-electron chi connectivity index (χ4n) is 0.907. The number of esters is 2. The Balaban J connectivity index is -0.0000000764. The van der Waals surface area contributed by atoms with Crippen molar-refractivity contribution in [1.29, 1.82) is 0 Å². The summed E-state index contributed by atoms with van der Waals surface area (Å²) < 4.78 is 8.79. The van der Waals surface area contributed by atoms with Crippen LogP contribution in [0.2, 0.25) is 0 Å². The molecule has 0 aromatic heterocycles. The number of carbonyl (C=O) groups excluding carboxylic acids is 2. The second-order valence-corrected chi connectivity index (χ2v) is 10.1. The monoisotopic (exact) mass is 630 g/mol. The molecule has 0 spiro atoms. The van der Waals surface area contributed by atoms with E-state index in [9.17, 15) is 24.9 Å². The Bertz CT molecular complexity index is 361. The number of aliphatic hydroxyl groups excluding tert-OH is 6. The van der Waals surface area contributed by atoms with Gasteiger partial charge in [0.2, 0.25) is 0 Å². The van der Waals surface area contributed by atoms with Gasteiger partial charge in [-0.2, -0.15) is 0 Å². The number of hydrogen-bond donors (Lipinski definition) is 6. The van der Waals surface area contributed by atoms with E-state index >= 15 is 0 Å². The zero-order chi connectivity index (χ0) is 21.9. The van der Waals surface area contributed by atoms with E-state index in [0.717, 1.165) is 6.92 Å². The standard InChI is InChI=1S/C9H16O9.Ca.6ClH.K.Mg.2Na.2H/c1-3(11)8(16)18-9(17)7(15)6(14)5(13)4(12)2-10;;;;;;;;;;;;;/h3-7,10-15H,2H2,1H3;;6*1H;;;;;;/q;+2;;;;;;;+1;+2;;;;/p-5/t3?,4-,5-,6+,7-;;;;;;;;;;;;;/m1............./s1. The number of halogens is 6. The van der Waals surface area contributed by atoms with Crippen LogP contribution in [-0.2, 0) is 14.3 Å². The fourth-order valence-corrected chi connectivity index (χ4v) is 0.907. The fraction of sp³-hybridized carbons (Fsp3) is 0.778. The van der Waals surface area contributed by atoms with Crippen LogP contribution < -0.4 is 0 Å². The Labute approximate surface area is 296 Å². The average molecular weight is 633 g/mol. The molecule has 0 aliphatic rings. The number of hydrogen-bond acceptors (Lipinski definition) is 9. The second kappa shape index (κ2) is 38.8. The van der Waals surface area contributed by atoms with Crippen LogP contribution in [0, 0.1) is 0 Å². The third kappa shape index (κ3) is 34.3. The van der Waals surface area contributed by atoms with E-state index in [0.29, 0.717) is 47.1 Å². The summed E-state index contributed by atoms with van der Waals surface area (Å²) in [6, 6.07) is 0. The van der Waals surface area contributed by atoms with Crippen LogP contribution in [0.3, 0.4) is 0 Å². The van der Waals surface area contributed by atoms with Gasteiger partial charge in [-0.05, 0) is 6.92 Å². The molecular formula is C9H19CaCl6KMgNa2O9. The molecular weight excluding hydrogens is 614 g/mol. The molecule has 0 fully saturated rings. The van der Waals surface area contributed by atoms with E-state index in [2.05, 4.69) is 4.74 Å². The van der Waals surface area contributed by atoms with Crippen molar-refractivity contribution in [3.63, 3.8) is 0 Å². The molecule has 0 saturated carbocycles. The first-order chi connectivity index (χ1) is 12.0. The molecule has 1 unspecified atom stereocenters. The van der Waals surface area contributed by atoms with Crippen LogP contribution in [0.25, 0.3) is 0 Å². The maximum atomic E-state index is 11.1. The molecule has 158 valence electrons. The van der Waals surface area contributed by atoms with E-state index in [1.54, 1.807) is 0 Å². The summed E-state index contributed by atoms with van der Waals surface area (Å²) >= 11 is -1.03. The molecule has 9 nitrogen and oxygen atoms in total. The first kappa shape index (κ1) is 51.9. The Morgan fingerprint density at radius 2 is 1.31 bits per heavy atom. The molecule has 6 N–H and O–H groups in total. The van der Waals surface area contributed by atoms with E-state index in [-0.39, 0.29) is 71.5 Å². The predicted octanol–water partition coefficient (Wildman–Crippen LogP) is -2.70. The Morgan fingerprint density at radius 3 is 1.55 bits per heavy atom. The van der Waals surface area contributed by atoms with Gasteiger partial charge in [0.1, 0.15) is 24.4 Å². The first-order valence-corrected chi connectivity index (χ1v) is 21.1. The van der Waals surface area contributed by atoms with Gasteiger partial charge in [-0.3, -0.25) is 0 Å². The van der Waals surface area contributed by atoms with Gasteiger partial charge < -0.3 is 53.5 Å². The quantitative estimate of drug-likeness (QED) is 0.104. The second-order valence-electron chi connectivity index (χ2n) is 3.79. The summed E-state index contributed by atoms with van der Waals surface area (Å²) in [6.45, 7) is 0.107. The summed E-state index contributed by atoms with van der Waals surface area (Å²) in [6.07, 6.45) is 0.0192. The van der Waals surface area contributed by atoms with E-state index in [4.69, 9.17) is 50.0 Å². The summed E-state index contributed by atoms with van der Waals surface area (Å²) in [7, 11) is 9.81. The van der Waals surface area contributed by atoms with Crippen LogP contribution in [0.15, 0.2) is 0 Å². The molecule has 0 heterocycles. The van der Waals surface area contributed by atoms with Gasteiger partial charge in [-0.25, -0.2) is 9.59 Å². The van der Waals surface area contributed by atoms with E-state index < -0.39 is 98.1 Å². The Morgan fingerprint density at radius 1 is 1.00 bits per heavy atom. The number of ether oxygens (including phenoxy) is 1. The molecule has 0 saturated heterocycles. The third-order valence-corrected chi connectivity index (χ3v) is 2.04. The van der Waals surface area contributed by atoms with Crippen molar-refractivity contribution < 1.29 is 45.0 Å². The molecule has 5 atom stereocenters. The van der Waals surface area contributed by atoms with Gasteiger partial charge in [0.25, 0.3) is 0 Å². The molecule has 0 aromatic rings. The van der Waals surface area contributed by atoms with Gasteiger partial charge in [0.05, 0.1) is 6.61 Å². The van der Waals surface area contributed by atoms with Crippen molar-refractivity contribution in [3.05, 3.63) is 0 Å². The molecule has 29 heavy (non-hydrogen) atoms. The van der Waals surface area contributed by atoms with Crippen LogP contribution in [0.5, 0.6) is 0 Å². The SMILES string of the molecule is CC(O)C(=O)OC(=O)[C@H](O)[C@@H](O)[C@H](O)[C@H](O)CO.Cl.[Cl][Ca][Cl].[Cl][K].[Cl][Mg][Cl].[NaH].[NaH]. The zero-order valence-electron chi connectivity index (χ0n) is 14.2. The molecule has 0 aliphatic heterocycles. The van der Waals surface area contributed by atoms with Gasteiger partial charge >= 0.3 is 184 Å². The number of aliphatic hydroxyl groups is 6. The van der Waals surface area contributed by atoms with Crippen LogP contribution in [0.4, 0.5) is 0 Å². The summed E-state index contributed by atoms with van der Waals surface area (Å²) in [5, 5.41) is 53.9. The van der Waals surface area contributed by atoms with Gasteiger partial charge in [-0.1, -0.05) is 0 Å². The summed E-state index contributed by atoms with van der Waals surface area (Å²) in [5.74, 6) is -2.94. The Hall–Kier alpha value is 6.30. The zero-order valence-corrected chi connectivity index (χ0v) is 25.6. The third-order valence-electron chi connectivity index (χ3n) is 2.04. The predicted molar refractivity (Wildman–Crippen MR) is 122 cm³/mol. The molecule has 0 aromatic carbocycles. The normalized spacial score (nSPS) is 13.0. The molecule has 0 amide bonds. The van der Waals surface area contributed by atoms with Crippen LogP contribution in [0.1, 0.15) is 6.92 Å². The first-order valence-electron chi connectivity index (χ1n) is 6.43. The van der Waals surface area contributed by atoms with E-state index in [1.807, 2.05) is 0 Å². The van der Waals surface area contributed by atoms with Crippen molar-refractivity contribution in [2.75, 3.05) is 6.61 Å². The molecule has 0 bridgehead atoms. The van der Waals surface area contributed by atoms with Gasteiger partial charge in [-0.15, -0.1) is 12.4 Å². The molecule has 0 radical (unpaired) electrons. The van der Waals surface area contributed by atoms with Crippen molar-refractivity contribution in [2.45, 2.75) is 37.4 Å². The number of carbonyl (C=O) groups is 2. The van der Waals surface area contributed by atoms with Gasteiger partial charge in [0.15, 0.2) is 6.10 Å². The molecule has 20 heteroatoms. The topological polar surface area (TPSA) is 165 Å². The summed E-state index contributed by atoms with van der Waals surface area (Å²) in [4.78, 5) is 21.9. The Kier molecular flexibility index (Phi) is 69.4. The van der Waals surface area contributed by atoms with E-state index in [1.165, 1.54) is 0 Å². The van der Waals surface area contributed by atoms with Crippen LogP contribution in [-0.4, -0.2) is 235 Å². The van der Waals surface area contributed by atoms with Crippen molar-refractivity contribution in [2.24, 2.45) is 0 Å². The minimum absolute atomic E-state index is 0.